The highest BCUT2D eigenvalue weighted by Gasteiger charge is 2.27. The predicted molar refractivity (Wildman–Crippen MR) is 81.6 cm³/mol. The second-order valence-corrected chi connectivity index (χ2v) is 7.29. The quantitative estimate of drug-likeness (QED) is 0.824. The molecule has 0 aromatic carbocycles. The zero-order valence-corrected chi connectivity index (χ0v) is 13.2. The Morgan fingerprint density at radius 2 is 2.20 bits per heavy atom. The molecule has 1 fully saturated rings. The van der Waals surface area contributed by atoms with E-state index in [1.165, 1.54) is 12.8 Å². The summed E-state index contributed by atoms with van der Waals surface area (Å²) in [6.07, 6.45) is 3.50. The maximum Gasteiger partial charge on any atom is 0.180 e. The number of rotatable bonds is 6. The van der Waals surface area contributed by atoms with Gasteiger partial charge in [0.05, 0.1) is 0 Å². The number of nitrogens with one attached hydrogen (secondary N) is 1. The zero-order valence-electron chi connectivity index (χ0n) is 11.6. The average molecular weight is 307 g/mol. The molecule has 3 rings (SSSR count). The van der Waals surface area contributed by atoms with Crippen molar-refractivity contribution in [1.29, 1.82) is 0 Å². The summed E-state index contributed by atoms with van der Waals surface area (Å²) < 4.78 is 0.935. The Morgan fingerprint density at radius 3 is 2.85 bits per heavy atom. The van der Waals surface area contributed by atoms with Crippen LogP contribution in [0.2, 0.25) is 0 Å². The molecular weight excluding hydrogens is 290 g/mol. The summed E-state index contributed by atoms with van der Waals surface area (Å²) in [5.41, 5.74) is 0. The molecule has 1 N–H and O–H groups in total. The molecule has 5 nitrogen and oxygen atoms in total. The van der Waals surface area contributed by atoms with Gasteiger partial charge >= 0.3 is 0 Å². The lowest BCUT2D eigenvalue weighted by Crippen LogP contribution is -2.05. The number of hydrogen-bond acceptors (Lipinski definition) is 7. The van der Waals surface area contributed by atoms with Crippen LogP contribution in [0.5, 0.6) is 0 Å². The van der Waals surface area contributed by atoms with Gasteiger partial charge in [0, 0.05) is 18.5 Å². The van der Waals surface area contributed by atoms with Crippen molar-refractivity contribution in [3.05, 3.63) is 16.9 Å². The van der Waals surface area contributed by atoms with Gasteiger partial charge in [-0.1, -0.05) is 18.3 Å². The van der Waals surface area contributed by atoms with E-state index in [0.29, 0.717) is 5.92 Å². The zero-order chi connectivity index (χ0) is 13.9. The van der Waals surface area contributed by atoms with Gasteiger partial charge in [0.25, 0.3) is 0 Å². The van der Waals surface area contributed by atoms with Gasteiger partial charge < -0.3 is 5.32 Å². The Kier molecular flexibility index (Phi) is 4.16. The van der Waals surface area contributed by atoms with Crippen molar-refractivity contribution in [1.82, 2.24) is 20.2 Å². The number of hydrogen-bond donors (Lipinski definition) is 1. The van der Waals surface area contributed by atoms with Crippen LogP contribution in [0.1, 0.15) is 42.9 Å². The third kappa shape index (κ3) is 3.46. The molecule has 0 radical (unpaired) electrons. The van der Waals surface area contributed by atoms with Crippen molar-refractivity contribution < 1.29 is 0 Å². The number of aromatic nitrogens is 4. The van der Waals surface area contributed by atoms with E-state index in [1.807, 2.05) is 13.0 Å². The maximum absolute atomic E-state index is 4.66. The summed E-state index contributed by atoms with van der Waals surface area (Å²) in [5, 5.41) is 13.5. The Morgan fingerprint density at radius 1 is 1.35 bits per heavy atom. The summed E-state index contributed by atoms with van der Waals surface area (Å²) >= 11 is 3.17. The summed E-state index contributed by atoms with van der Waals surface area (Å²) in [6.45, 7) is 5.05. The van der Waals surface area contributed by atoms with Crippen molar-refractivity contribution in [2.24, 2.45) is 0 Å². The van der Waals surface area contributed by atoms with Crippen LogP contribution in [-0.4, -0.2) is 26.7 Å². The molecule has 7 heteroatoms. The first-order valence-electron chi connectivity index (χ1n) is 6.85. The Hall–Kier alpha value is -1.21. The molecule has 0 aliphatic heterocycles. The smallest absolute Gasteiger partial charge is 0.180 e. The standard InChI is InChI=1S/C13H17N5S2/c1-3-6-14-10-7-11(16-12(15-10)9-4-5-9)20-13-18-17-8(2)19-13/h7,9H,3-6H2,1-2H3,(H,14,15,16). The van der Waals surface area contributed by atoms with E-state index in [9.17, 15) is 0 Å². The van der Waals surface area contributed by atoms with Gasteiger partial charge in [-0.15, -0.1) is 10.2 Å². The van der Waals surface area contributed by atoms with Crippen LogP contribution in [0.25, 0.3) is 0 Å². The number of aryl methyl sites for hydroxylation is 1. The number of nitrogens with zero attached hydrogens (tertiary/aromatic N) is 4. The Labute approximate surface area is 126 Å². The molecule has 1 aliphatic carbocycles. The molecule has 1 saturated carbocycles. The lowest BCUT2D eigenvalue weighted by atomic mass is 10.4. The summed E-state index contributed by atoms with van der Waals surface area (Å²) in [6, 6.07) is 2.00. The molecule has 0 unspecified atom stereocenters. The highest BCUT2D eigenvalue weighted by atomic mass is 32.2. The molecule has 0 spiro atoms. The summed E-state index contributed by atoms with van der Waals surface area (Å²) in [7, 11) is 0. The minimum atomic E-state index is 0.550. The van der Waals surface area contributed by atoms with Crippen LogP contribution < -0.4 is 5.32 Å². The molecule has 2 aromatic rings. The third-order valence-corrected chi connectivity index (χ3v) is 4.73. The average Bonchev–Trinajstić information content (AvgIpc) is 3.21. The minimum Gasteiger partial charge on any atom is -0.370 e. The fourth-order valence-corrected chi connectivity index (χ4v) is 3.54. The largest absolute Gasteiger partial charge is 0.370 e. The fraction of sp³-hybridized carbons (Fsp3) is 0.538. The lowest BCUT2D eigenvalue weighted by Gasteiger charge is -2.07. The lowest BCUT2D eigenvalue weighted by molar-refractivity contribution is 0.867. The van der Waals surface area contributed by atoms with E-state index in [0.717, 1.165) is 39.0 Å². The molecule has 20 heavy (non-hydrogen) atoms. The molecule has 0 amide bonds. The second kappa shape index (κ2) is 6.05. The van der Waals surface area contributed by atoms with E-state index < -0.39 is 0 Å². The number of anilines is 1. The van der Waals surface area contributed by atoms with Crippen LogP contribution >= 0.6 is 23.1 Å². The molecule has 0 bridgehead atoms. The van der Waals surface area contributed by atoms with Gasteiger partial charge in [-0.3, -0.25) is 0 Å². The normalized spacial score (nSPS) is 14.5. The van der Waals surface area contributed by atoms with Gasteiger partial charge in [0.2, 0.25) is 0 Å². The van der Waals surface area contributed by atoms with E-state index in [4.69, 9.17) is 0 Å². The Bertz CT molecular complexity index is 594. The van der Waals surface area contributed by atoms with Gasteiger partial charge in [0.1, 0.15) is 21.7 Å². The molecule has 1 aliphatic rings. The fourth-order valence-electron chi connectivity index (χ4n) is 1.77. The van der Waals surface area contributed by atoms with Crippen molar-refractivity contribution in [3.8, 4) is 0 Å². The monoisotopic (exact) mass is 307 g/mol. The van der Waals surface area contributed by atoms with Crippen molar-refractivity contribution in [3.63, 3.8) is 0 Å². The van der Waals surface area contributed by atoms with Crippen LogP contribution in [0.4, 0.5) is 5.82 Å². The Balaban J connectivity index is 1.82. The maximum atomic E-state index is 4.66. The highest BCUT2D eigenvalue weighted by Crippen LogP contribution is 2.40. The molecule has 2 heterocycles. The molecule has 106 valence electrons. The molecule has 0 atom stereocenters. The second-order valence-electron chi connectivity index (χ2n) is 4.84. The van der Waals surface area contributed by atoms with Gasteiger partial charge in [-0.25, -0.2) is 9.97 Å². The first-order valence-corrected chi connectivity index (χ1v) is 8.48. The van der Waals surface area contributed by atoms with Crippen molar-refractivity contribution in [2.75, 3.05) is 11.9 Å². The van der Waals surface area contributed by atoms with Crippen LogP contribution in [-0.2, 0) is 0 Å². The molecule has 0 saturated heterocycles. The highest BCUT2D eigenvalue weighted by molar-refractivity contribution is 8.01. The minimum absolute atomic E-state index is 0.550. The molecular formula is C13H17N5S2. The van der Waals surface area contributed by atoms with Crippen LogP contribution in [0.3, 0.4) is 0 Å². The predicted octanol–water partition coefficient (Wildman–Crippen LogP) is 3.49. The third-order valence-electron chi connectivity index (χ3n) is 2.92. The molecule has 2 aromatic heterocycles. The first-order chi connectivity index (χ1) is 9.74. The van der Waals surface area contributed by atoms with Gasteiger partial charge in [0.15, 0.2) is 4.34 Å². The van der Waals surface area contributed by atoms with Gasteiger partial charge in [-0.2, -0.15) is 0 Å². The van der Waals surface area contributed by atoms with Crippen molar-refractivity contribution in [2.45, 2.75) is 48.4 Å². The van der Waals surface area contributed by atoms with Crippen molar-refractivity contribution >= 4 is 28.9 Å². The van der Waals surface area contributed by atoms with E-state index >= 15 is 0 Å². The SMILES string of the molecule is CCCNc1cc(Sc2nnc(C)s2)nc(C2CC2)n1. The van der Waals surface area contributed by atoms with E-state index in [1.54, 1.807) is 23.1 Å². The summed E-state index contributed by atoms with van der Waals surface area (Å²) in [5.74, 6) is 2.44. The topological polar surface area (TPSA) is 63.6 Å². The van der Waals surface area contributed by atoms with Crippen LogP contribution in [0, 0.1) is 6.92 Å². The summed E-state index contributed by atoms with van der Waals surface area (Å²) in [4.78, 5) is 9.27. The van der Waals surface area contributed by atoms with E-state index in [-0.39, 0.29) is 0 Å². The van der Waals surface area contributed by atoms with E-state index in [2.05, 4.69) is 32.4 Å². The van der Waals surface area contributed by atoms with Crippen LogP contribution in [0.15, 0.2) is 15.4 Å². The first kappa shape index (κ1) is 13.8. The van der Waals surface area contributed by atoms with Gasteiger partial charge in [-0.05, 0) is 37.9 Å².